The van der Waals surface area contributed by atoms with Crippen LogP contribution in [0.1, 0.15) is 19.3 Å². The molecule has 0 amide bonds. The Kier molecular flexibility index (Phi) is 4.51. The molecule has 7 nitrogen and oxygen atoms in total. The third kappa shape index (κ3) is 3.37. The van der Waals surface area contributed by atoms with Gasteiger partial charge in [0.05, 0.1) is 29.3 Å². The average molecular weight is 389 g/mol. The van der Waals surface area contributed by atoms with E-state index in [9.17, 15) is 4.39 Å². The zero-order chi connectivity index (χ0) is 19.6. The zero-order valence-electron chi connectivity index (χ0n) is 15.8. The van der Waals surface area contributed by atoms with Crippen LogP contribution in [0.15, 0.2) is 55.1 Å². The molecule has 0 unspecified atom stereocenters. The fourth-order valence-corrected chi connectivity index (χ4v) is 3.68. The lowest BCUT2D eigenvalue weighted by Gasteiger charge is -2.30. The topological polar surface area (TPSA) is 71.2 Å². The number of hydrogen-bond acceptors (Lipinski definition) is 6. The molecule has 146 valence electrons. The lowest BCUT2D eigenvalue weighted by atomic mass is 10.1. The van der Waals surface area contributed by atoms with E-state index >= 15 is 0 Å². The number of piperidine rings is 1. The lowest BCUT2D eigenvalue weighted by Crippen LogP contribution is -2.30. The van der Waals surface area contributed by atoms with Gasteiger partial charge in [-0.2, -0.15) is 9.61 Å². The summed E-state index contributed by atoms with van der Waals surface area (Å²) in [4.78, 5) is 15.2. The molecule has 0 bridgehead atoms. The highest BCUT2D eigenvalue weighted by atomic mass is 19.1. The standard InChI is InChI=1S/C21H20FN7/c22-16-5-4-9-24-20(16)17-7-6-15-13-25-21(29(15)27-17)26-18-14-23-10-8-19(18)28-11-2-1-3-12-28/h4-10,13-14H,1-3,11-12H2,(H,25,26). The van der Waals surface area contributed by atoms with Crippen molar-refractivity contribution >= 4 is 22.8 Å². The minimum Gasteiger partial charge on any atom is -0.370 e. The number of anilines is 3. The summed E-state index contributed by atoms with van der Waals surface area (Å²) in [6.07, 6.45) is 10.5. The minimum atomic E-state index is -0.409. The summed E-state index contributed by atoms with van der Waals surface area (Å²) in [6, 6.07) is 8.55. The number of rotatable bonds is 4. The summed E-state index contributed by atoms with van der Waals surface area (Å²) in [5.41, 5.74) is 3.43. The Bertz CT molecular complexity index is 1150. The first kappa shape index (κ1) is 17.5. The summed E-state index contributed by atoms with van der Waals surface area (Å²) in [7, 11) is 0. The molecule has 4 aromatic rings. The molecule has 0 saturated carbocycles. The Morgan fingerprint density at radius 1 is 0.931 bits per heavy atom. The van der Waals surface area contributed by atoms with Crippen LogP contribution in [0.3, 0.4) is 0 Å². The minimum absolute atomic E-state index is 0.212. The highest BCUT2D eigenvalue weighted by Crippen LogP contribution is 2.30. The van der Waals surface area contributed by atoms with Crippen molar-refractivity contribution in [2.45, 2.75) is 19.3 Å². The summed E-state index contributed by atoms with van der Waals surface area (Å²) < 4.78 is 15.8. The zero-order valence-corrected chi connectivity index (χ0v) is 15.8. The second kappa shape index (κ2) is 7.46. The molecule has 1 aliphatic rings. The van der Waals surface area contributed by atoms with Crippen LogP contribution in [0.4, 0.5) is 21.7 Å². The largest absolute Gasteiger partial charge is 0.370 e. The van der Waals surface area contributed by atoms with Crippen molar-refractivity contribution < 1.29 is 4.39 Å². The number of aromatic nitrogens is 5. The van der Waals surface area contributed by atoms with E-state index in [1.807, 2.05) is 12.1 Å². The molecule has 5 heterocycles. The number of pyridine rings is 2. The molecule has 0 aromatic carbocycles. The smallest absolute Gasteiger partial charge is 0.229 e. The molecule has 5 rings (SSSR count). The first-order valence-corrected chi connectivity index (χ1v) is 9.71. The fraction of sp³-hybridized carbons (Fsp3) is 0.238. The summed E-state index contributed by atoms with van der Waals surface area (Å²) in [5.74, 6) is 0.137. The SMILES string of the molecule is Fc1cccnc1-c1ccc2cnc(Nc3cnccc3N3CCCCC3)n2n1. The number of imidazole rings is 1. The summed E-state index contributed by atoms with van der Waals surface area (Å²) in [5, 5.41) is 7.92. The molecule has 29 heavy (non-hydrogen) atoms. The van der Waals surface area contributed by atoms with Gasteiger partial charge in [-0.25, -0.2) is 9.37 Å². The number of nitrogens with one attached hydrogen (secondary N) is 1. The molecule has 0 aliphatic carbocycles. The predicted octanol–water partition coefficient (Wildman–Crippen LogP) is 4.06. The predicted molar refractivity (Wildman–Crippen MR) is 110 cm³/mol. The van der Waals surface area contributed by atoms with E-state index in [1.165, 1.54) is 25.3 Å². The highest BCUT2D eigenvalue weighted by Gasteiger charge is 2.17. The van der Waals surface area contributed by atoms with Gasteiger partial charge >= 0.3 is 0 Å². The number of fused-ring (bicyclic) bond motifs is 1. The summed E-state index contributed by atoms with van der Waals surface area (Å²) >= 11 is 0. The van der Waals surface area contributed by atoms with Crippen LogP contribution in [0.2, 0.25) is 0 Å². The van der Waals surface area contributed by atoms with Crippen LogP contribution >= 0.6 is 0 Å². The average Bonchev–Trinajstić information content (AvgIpc) is 3.17. The van der Waals surface area contributed by atoms with Crippen molar-refractivity contribution in [2.24, 2.45) is 0 Å². The Morgan fingerprint density at radius 2 is 1.83 bits per heavy atom. The molecule has 8 heteroatoms. The number of nitrogens with zero attached hydrogens (tertiary/aromatic N) is 6. The molecule has 4 aromatic heterocycles. The third-order valence-electron chi connectivity index (χ3n) is 5.13. The van der Waals surface area contributed by atoms with Gasteiger partial charge in [-0.15, -0.1) is 0 Å². The van der Waals surface area contributed by atoms with Gasteiger partial charge in [-0.05, 0) is 49.6 Å². The molecule has 0 radical (unpaired) electrons. The van der Waals surface area contributed by atoms with E-state index < -0.39 is 5.82 Å². The van der Waals surface area contributed by atoms with Crippen LogP contribution in [0.5, 0.6) is 0 Å². The quantitative estimate of drug-likeness (QED) is 0.568. The van der Waals surface area contributed by atoms with Gasteiger partial charge in [0.2, 0.25) is 5.95 Å². The van der Waals surface area contributed by atoms with Gasteiger partial charge in [0, 0.05) is 25.5 Å². The Hall–Kier alpha value is -3.55. The molecule has 1 fully saturated rings. The molecular weight excluding hydrogens is 369 g/mol. The highest BCUT2D eigenvalue weighted by molar-refractivity contribution is 5.73. The van der Waals surface area contributed by atoms with Gasteiger partial charge in [0.15, 0.2) is 5.82 Å². The Balaban J connectivity index is 1.52. The monoisotopic (exact) mass is 389 g/mol. The van der Waals surface area contributed by atoms with Crippen molar-refractivity contribution in [1.29, 1.82) is 0 Å². The van der Waals surface area contributed by atoms with Gasteiger partial charge in [0.1, 0.15) is 11.4 Å². The molecule has 1 aliphatic heterocycles. The maximum Gasteiger partial charge on any atom is 0.229 e. The second-order valence-corrected chi connectivity index (χ2v) is 7.04. The molecule has 0 atom stereocenters. The van der Waals surface area contributed by atoms with Crippen molar-refractivity contribution in [2.75, 3.05) is 23.3 Å². The van der Waals surface area contributed by atoms with E-state index in [0.717, 1.165) is 30.0 Å². The Labute approximate surface area is 167 Å². The Morgan fingerprint density at radius 3 is 2.69 bits per heavy atom. The van der Waals surface area contributed by atoms with Crippen molar-refractivity contribution in [3.63, 3.8) is 0 Å². The van der Waals surface area contributed by atoms with Crippen LogP contribution < -0.4 is 10.2 Å². The lowest BCUT2D eigenvalue weighted by molar-refractivity contribution is 0.578. The second-order valence-electron chi connectivity index (χ2n) is 7.04. The van der Waals surface area contributed by atoms with Crippen LogP contribution in [0, 0.1) is 5.82 Å². The van der Waals surface area contributed by atoms with Crippen molar-refractivity contribution in [3.05, 3.63) is 60.9 Å². The molecule has 0 spiro atoms. The van der Waals surface area contributed by atoms with Crippen molar-refractivity contribution in [3.8, 4) is 11.4 Å². The molecular formula is C21H20FN7. The maximum atomic E-state index is 14.2. The third-order valence-corrected chi connectivity index (χ3v) is 5.13. The van der Waals surface area contributed by atoms with Crippen LogP contribution in [-0.4, -0.2) is 37.7 Å². The molecule has 1 N–H and O–H groups in total. The van der Waals surface area contributed by atoms with Gasteiger partial charge in [-0.1, -0.05) is 0 Å². The summed E-state index contributed by atoms with van der Waals surface area (Å²) in [6.45, 7) is 2.06. The first-order chi connectivity index (χ1) is 14.3. The van der Waals surface area contributed by atoms with Gasteiger partial charge in [-0.3, -0.25) is 9.97 Å². The van der Waals surface area contributed by atoms with E-state index in [1.54, 1.807) is 41.4 Å². The van der Waals surface area contributed by atoms with Crippen LogP contribution in [0.25, 0.3) is 16.9 Å². The van der Waals surface area contributed by atoms with Gasteiger partial charge in [0.25, 0.3) is 0 Å². The maximum absolute atomic E-state index is 14.2. The molecule has 1 saturated heterocycles. The van der Waals surface area contributed by atoms with Crippen LogP contribution in [-0.2, 0) is 0 Å². The van der Waals surface area contributed by atoms with E-state index in [-0.39, 0.29) is 5.69 Å². The normalized spacial score (nSPS) is 14.3. The number of hydrogen-bond donors (Lipinski definition) is 1. The fourth-order valence-electron chi connectivity index (χ4n) is 3.68. The van der Waals surface area contributed by atoms with E-state index in [0.29, 0.717) is 11.6 Å². The number of halogens is 1. The van der Waals surface area contributed by atoms with Gasteiger partial charge < -0.3 is 10.2 Å². The first-order valence-electron chi connectivity index (χ1n) is 9.71. The van der Waals surface area contributed by atoms with Crippen molar-refractivity contribution in [1.82, 2.24) is 24.6 Å². The van der Waals surface area contributed by atoms with E-state index in [4.69, 9.17) is 0 Å². The van der Waals surface area contributed by atoms with E-state index in [2.05, 4.69) is 30.3 Å².